The second-order valence-corrected chi connectivity index (χ2v) is 10.8. The third kappa shape index (κ3) is 9.99. The monoisotopic (exact) mass is 429 g/mol. The molecule has 160 valence electrons. The first-order chi connectivity index (χ1) is 12.3. The molecule has 0 aromatic rings. The van der Waals surface area contributed by atoms with Gasteiger partial charge in [-0.1, -0.05) is 51.5 Å². The molecular weight excluding hydrogens is 396 g/mol. The lowest BCUT2D eigenvalue weighted by Gasteiger charge is -2.29. The van der Waals surface area contributed by atoms with Gasteiger partial charge in [0.05, 0.1) is 0 Å². The predicted octanol–water partition coefficient (Wildman–Crippen LogP) is 2.58. The Kier molecular flexibility index (Phi) is 11.9. The van der Waals surface area contributed by atoms with Crippen LogP contribution in [-0.4, -0.2) is 42.2 Å². The van der Waals surface area contributed by atoms with Crippen molar-refractivity contribution in [2.45, 2.75) is 76.2 Å². The van der Waals surface area contributed by atoms with Gasteiger partial charge in [0, 0.05) is 12.1 Å². The summed E-state index contributed by atoms with van der Waals surface area (Å²) in [6.07, 6.45) is 6.63. The standard InChI is InChI=1S/C16H33NO8P2/c1-14(2)15(18)17-13-11-9-7-5-3-4-6-8-10-12-16(19,26(20,21)22)27(23,24)25/h19H,1,3-13H2,2H3,(H,17,18)(H2,20,21,22)(H2,23,24,25). The first kappa shape index (κ1) is 26.5. The van der Waals surface area contributed by atoms with Gasteiger partial charge >= 0.3 is 15.2 Å². The lowest BCUT2D eigenvalue weighted by atomic mass is 10.1. The highest BCUT2D eigenvalue weighted by molar-refractivity contribution is 7.72. The Labute approximate surface area is 160 Å². The van der Waals surface area contributed by atoms with Gasteiger partial charge in [0.1, 0.15) is 0 Å². The lowest BCUT2D eigenvalue weighted by molar-refractivity contribution is -0.117. The van der Waals surface area contributed by atoms with E-state index in [1.54, 1.807) is 6.92 Å². The fourth-order valence-electron chi connectivity index (χ4n) is 2.54. The van der Waals surface area contributed by atoms with Crippen LogP contribution in [0.4, 0.5) is 0 Å². The first-order valence-corrected chi connectivity index (χ1v) is 12.3. The summed E-state index contributed by atoms with van der Waals surface area (Å²) >= 11 is 0. The molecule has 0 atom stereocenters. The number of aliphatic hydroxyl groups is 1. The quantitative estimate of drug-likeness (QED) is 0.131. The van der Waals surface area contributed by atoms with Gasteiger partial charge in [-0.2, -0.15) is 0 Å². The van der Waals surface area contributed by atoms with E-state index in [1.807, 2.05) is 0 Å². The van der Waals surface area contributed by atoms with Crippen molar-refractivity contribution in [1.29, 1.82) is 0 Å². The van der Waals surface area contributed by atoms with Crippen LogP contribution in [0.5, 0.6) is 0 Å². The molecule has 0 aliphatic rings. The van der Waals surface area contributed by atoms with Crippen molar-refractivity contribution in [3.8, 4) is 0 Å². The summed E-state index contributed by atoms with van der Waals surface area (Å²) in [4.78, 5) is 47.4. The molecule has 9 nitrogen and oxygen atoms in total. The van der Waals surface area contributed by atoms with E-state index in [2.05, 4.69) is 11.9 Å². The molecule has 0 bridgehead atoms. The second kappa shape index (κ2) is 12.1. The zero-order chi connectivity index (χ0) is 21.1. The highest BCUT2D eigenvalue weighted by atomic mass is 31.2. The van der Waals surface area contributed by atoms with E-state index < -0.39 is 26.7 Å². The Morgan fingerprint density at radius 3 is 1.59 bits per heavy atom. The highest BCUT2D eigenvalue weighted by Crippen LogP contribution is 2.69. The largest absolute Gasteiger partial charge is 0.369 e. The Hall–Kier alpha value is -0.530. The summed E-state index contributed by atoms with van der Waals surface area (Å²) in [5.74, 6) is -0.126. The van der Waals surface area contributed by atoms with E-state index in [4.69, 9.17) is 19.6 Å². The van der Waals surface area contributed by atoms with Gasteiger partial charge in [-0.3, -0.25) is 13.9 Å². The SMILES string of the molecule is C=C(C)C(=O)NCCCCCCCCCCCC(O)(P(=O)(O)O)P(=O)(O)O. The van der Waals surface area contributed by atoms with Crippen LogP contribution in [-0.2, 0) is 13.9 Å². The van der Waals surface area contributed by atoms with Gasteiger partial charge in [0.25, 0.3) is 5.08 Å². The van der Waals surface area contributed by atoms with E-state index in [0.29, 0.717) is 18.5 Å². The molecule has 27 heavy (non-hydrogen) atoms. The van der Waals surface area contributed by atoms with Gasteiger partial charge in [0.2, 0.25) is 5.91 Å². The number of rotatable bonds is 15. The smallest absolute Gasteiger partial charge is 0.368 e. The molecule has 0 aliphatic carbocycles. The zero-order valence-corrected chi connectivity index (χ0v) is 17.6. The molecular formula is C16H33NO8P2. The predicted molar refractivity (Wildman–Crippen MR) is 103 cm³/mol. The molecule has 0 heterocycles. The van der Waals surface area contributed by atoms with Crippen LogP contribution in [0.15, 0.2) is 12.2 Å². The fourth-order valence-corrected chi connectivity index (χ4v) is 4.79. The molecule has 0 aromatic carbocycles. The molecule has 0 spiro atoms. The maximum absolute atomic E-state index is 11.3. The Morgan fingerprint density at radius 2 is 1.22 bits per heavy atom. The summed E-state index contributed by atoms with van der Waals surface area (Å²) in [6, 6.07) is 0. The Bertz CT molecular complexity index is 547. The van der Waals surface area contributed by atoms with E-state index in [9.17, 15) is 19.0 Å². The van der Waals surface area contributed by atoms with E-state index >= 15 is 0 Å². The molecule has 0 saturated heterocycles. The lowest BCUT2D eigenvalue weighted by Crippen LogP contribution is -2.28. The fraction of sp³-hybridized carbons (Fsp3) is 0.812. The number of carbonyl (C=O) groups is 1. The molecule has 0 fully saturated rings. The van der Waals surface area contributed by atoms with Crippen molar-refractivity contribution < 1.29 is 38.6 Å². The van der Waals surface area contributed by atoms with Crippen molar-refractivity contribution in [3.63, 3.8) is 0 Å². The molecule has 11 heteroatoms. The topological polar surface area (TPSA) is 164 Å². The van der Waals surface area contributed by atoms with Crippen molar-refractivity contribution in [3.05, 3.63) is 12.2 Å². The van der Waals surface area contributed by atoms with Crippen LogP contribution < -0.4 is 5.32 Å². The maximum atomic E-state index is 11.3. The van der Waals surface area contributed by atoms with Gasteiger partial charge in [-0.15, -0.1) is 0 Å². The molecule has 0 saturated carbocycles. The van der Waals surface area contributed by atoms with Crippen LogP contribution in [0.1, 0.15) is 71.1 Å². The third-order valence-corrected chi connectivity index (χ3v) is 8.17. The van der Waals surface area contributed by atoms with Crippen molar-refractivity contribution >= 4 is 21.1 Å². The van der Waals surface area contributed by atoms with Gasteiger partial charge in [-0.05, 0) is 26.2 Å². The van der Waals surface area contributed by atoms with E-state index in [1.165, 1.54) is 0 Å². The number of hydrogen-bond acceptors (Lipinski definition) is 4. The number of carbonyl (C=O) groups excluding carboxylic acids is 1. The molecule has 0 unspecified atom stereocenters. The summed E-state index contributed by atoms with van der Waals surface area (Å²) in [5, 5.41) is 9.21. The Morgan fingerprint density at radius 1 is 0.852 bits per heavy atom. The maximum Gasteiger partial charge on any atom is 0.369 e. The van der Waals surface area contributed by atoms with Crippen molar-refractivity contribution in [1.82, 2.24) is 5.32 Å². The minimum absolute atomic E-state index is 0.120. The summed E-state index contributed by atoms with van der Waals surface area (Å²) in [5.41, 5.74) is 0.495. The van der Waals surface area contributed by atoms with Crippen LogP contribution in [0.25, 0.3) is 0 Å². The normalized spacial score (nSPS) is 12.8. The van der Waals surface area contributed by atoms with Gasteiger partial charge < -0.3 is 30.0 Å². The van der Waals surface area contributed by atoms with E-state index in [0.717, 1.165) is 44.9 Å². The van der Waals surface area contributed by atoms with Crippen LogP contribution in [0.2, 0.25) is 0 Å². The molecule has 0 radical (unpaired) electrons. The van der Waals surface area contributed by atoms with Crippen molar-refractivity contribution in [2.24, 2.45) is 0 Å². The Balaban J connectivity index is 3.76. The van der Waals surface area contributed by atoms with Crippen LogP contribution >= 0.6 is 15.2 Å². The number of nitrogens with one attached hydrogen (secondary N) is 1. The summed E-state index contributed by atoms with van der Waals surface area (Å²) < 4.78 is 22.4. The highest BCUT2D eigenvalue weighted by Gasteiger charge is 2.58. The summed E-state index contributed by atoms with van der Waals surface area (Å²) in [7, 11) is -10.7. The molecule has 1 amide bonds. The average Bonchev–Trinajstić information content (AvgIpc) is 2.53. The number of amides is 1. The minimum Gasteiger partial charge on any atom is -0.368 e. The minimum atomic E-state index is -5.34. The van der Waals surface area contributed by atoms with Crippen molar-refractivity contribution in [2.75, 3.05) is 6.54 Å². The first-order valence-electron chi connectivity index (χ1n) is 9.10. The molecule has 0 aliphatic heterocycles. The molecule has 0 rings (SSSR count). The third-order valence-electron chi connectivity index (χ3n) is 4.30. The summed E-state index contributed by atoms with van der Waals surface area (Å²) in [6.45, 7) is 5.85. The van der Waals surface area contributed by atoms with Gasteiger partial charge in [0.15, 0.2) is 0 Å². The number of hydrogen-bond donors (Lipinski definition) is 6. The van der Waals surface area contributed by atoms with Crippen LogP contribution in [0.3, 0.4) is 0 Å². The number of unbranched alkanes of at least 4 members (excludes halogenated alkanes) is 8. The average molecular weight is 429 g/mol. The molecule has 0 aromatic heterocycles. The molecule has 6 N–H and O–H groups in total. The van der Waals surface area contributed by atoms with Gasteiger partial charge in [-0.25, -0.2) is 0 Å². The van der Waals surface area contributed by atoms with E-state index in [-0.39, 0.29) is 12.3 Å². The van der Waals surface area contributed by atoms with Crippen LogP contribution in [0, 0.1) is 0 Å². The zero-order valence-electron chi connectivity index (χ0n) is 15.8. The second-order valence-electron chi connectivity index (χ2n) is 6.83.